The summed E-state index contributed by atoms with van der Waals surface area (Å²) in [6.45, 7) is 5.84. The van der Waals surface area contributed by atoms with Crippen LogP contribution in [0.3, 0.4) is 0 Å². The molecule has 3 N–H and O–H groups in total. The topological polar surface area (TPSA) is 118 Å². The van der Waals surface area contributed by atoms with Gasteiger partial charge in [0.1, 0.15) is 11.6 Å². The average molecular weight is 605 g/mol. The molecule has 0 radical (unpaired) electrons. The van der Waals surface area contributed by atoms with Crippen LogP contribution >= 0.6 is 0 Å². The Labute approximate surface area is 260 Å². The van der Waals surface area contributed by atoms with E-state index in [1.807, 2.05) is 56.3 Å². The number of nitriles is 1. The highest BCUT2D eigenvalue weighted by Crippen LogP contribution is 2.52. The zero-order valence-electron chi connectivity index (χ0n) is 25.5. The Bertz CT molecular complexity index is 1890. The first-order valence-corrected chi connectivity index (χ1v) is 14.6. The molecule has 2 heterocycles. The van der Waals surface area contributed by atoms with Crippen molar-refractivity contribution in [1.29, 1.82) is 5.26 Å². The molecule has 4 aromatic rings. The maximum Gasteiger partial charge on any atom is 0.227 e. The van der Waals surface area contributed by atoms with E-state index in [0.717, 1.165) is 0 Å². The summed E-state index contributed by atoms with van der Waals surface area (Å²) in [5.74, 6) is -0.579. The van der Waals surface area contributed by atoms with E-state index >= 15 is 0 Å². The fourth-order valence-corrected chi connectivity index (χ4v) is 6.04. The van der Waals surface area contributed by atoms with Crippen LogP contribution in [-0.2, 0) is 4.79 Å². The number of aryl methyl sites for hydroxylation is 1. The van der Waals surface area contributed by atoms with E-state index in [0.29, 0.717) is 46.1 Å². The Morgan fingerprint density at radius 1 is 1.04 bits per heavy atom. The van der Waals surface area contributed by atoms with Crippen molar-refractivity contribution in [3.05, 3.63) is 119 Å². The number of carbonyl (C=O) groups excluding carboxylic acids is 1. The van der Waals surface area contributed by atoms with Gasteiger partial charge < -0.3 is 15.2 Å². The highest BCUT2D eigenvalue weighted by Gasteiger charge is 2.47. The molecule has 1 aliphatic heterocycles. The number of nitrogens with zero attached hydrogens (tertiary/aromatic N) is 4. The van der Waals surface area contributed by atoms with Gasteiger partial charge in [-0.05, 0) is 67.3 Å². The van der Waals surface area contributed by atoms with Crippen molar-refractivity contribution in [1.82, 2.24) is 14.8 Å². The number of ketones is 1. The van der Waals surface area contributed by atoms with Crippen LogP contribution in [0.15, 0.2) is 102 Å². The van der Waals surface area contributed by atoms with Crippen LogP contribution in [0.25, 0.3) is 5.69 Å². The number of ether oxygens (including phenoxy) is 2. The summed E-state index contributed by atoms with van der Waals surface area (Å²) in [5.41, 5.74) is 13.3. The molecule has 0 bridgehead atoms. The summed E-state index contributed by atoms with van der Waals surface area (Å²) in [5, 5.41) is 17.1. The largest absolute Gasteiger partial charge is 0.497 e. The lowest BCUT2D eigenvalue weighted by molar-refractivity contribution is -0.118. The fraction of sp³-hybridized carbons (Fsp3) is 0.229. The standard InChI is InChI=1S/C35H33FN6O3/c1-21-30(34(45-29-13-9-8-12-26(29)36)41(39-21)23-10-6-5-7-11-23)31-25(20-37)33(38)42(40-22-14-16-24(44-4)17-15-22)27-18-35(2,3)19-28(43)32(27)31/h5-17,31,40H,18-19,38H2,1-4H3. The number of Topliss-reactive ketones (excluding diaryl/α,β-unsaturated/α-hetero) is 1. The zero-order valence-corrected chi connectivity index (χ0v) is 25.5. The van der Waals surface area contributed by atoms with E-state index in [4.69, 9.17) is 20.3 Å². The van der Waals surface area contributed by atoms with E-state index in [9.17, 15) is 14.4 Å². The lowest BCUT2D eigenvalue weighted by Crippen LogP contribution is -2.44. The maximum atomic E-state index is 15.0. The number of carbonyl (C=O) groups is 1. The molecule has 1 atom stereocenters. The molecule has 0 saturated heterocycles. The van der Waals surface area contributed by atoms with Gasteiger partial charge in [-0.25, -0.2) is 14.1 Å². The second kappa shape index (κ2) is 11.5. The molecular formula is C35H33FN6O3. The van der Waals surface area contributed by atoms with Gasteiger partial charge >= 0.3 is 0 Å². The number of para-hydroxylation sites is 2. The zero-order chi connectivity index (χ0) is 31.9. The number of methoxy groups -OCH3 is 1. The van der Waals surface area contributed by atoms with Crippen LogP contribution in [0.5, 0.6) is 17.4 Å². The SMILES string of the molecule is COc1ccc(NN2C(N)=C(C#N)C(c3c(C)nn(-c4ccccc4)c3Oc3ccccc3F)C3=C2CC(C)(C)CC3=O)cc1. The molecule has 6 rings (SSSR count). The number of hydrogen-bond donors (Lipinski definition) is 2. The van der Waals surface area contributed by atoms with Gasteiger partial charge in [-0.15, -0.1) is 0 Å². The highest BCUT2D eigenvalue weighted by atomic mass is 19.1. The summed E-state index contributed by atoms with van der Waals surface area (Å²) < 4.78 is 28.2. The lowest BCUT2D eigenvalue weighted by Gasteiger charge is -2.43. The number of hydrazine groups is 1. The van der Waals surface area contributed by atoms with Gasteiger partial charge in [0.25, 0.3) is 0 Å². The van der Waals surface area contributed by atoms with Crippen molar-refractivity contribution in [2.45, 2.75) is 39.5 Å². The molecule has 3 aromatic carbocycles. The quantitative estimate of drug-likeness (QED) is 0.234. The lowest BCUT2D eigenvalue weighted by atomic mass is 9.69. The molecule has 45 heavy (non-hydrogen) atoms. The molecule has 1 aromatic heterocycles. The van der Waals surface area contributed by atoms with Crippen molar-refractivity contribution in [3.8, 4) is 29.1 Å². The highest BCUT2D eigenvalue weighted by molar-refractivity contribution is 6.00. The molecular weight excluding hydrogens is 571 g/mol. The minimum Gasteiger partial charge on any atom is -0.497 e. The van der Waals surface area contributed by atoms with E-state index in [1.54, 1.807) is 48.0 Å². The summed E-state index contributed by atoms with van der Waals surface area (Å²) in [6, 6.07) is 24.9. The van der Waals surface area contributed by atoms with Crippen LogP contribution in [0.4, 0.5) is 10.1 Å². The molecule has 0 saturated carbocycles. The van der Waals surface area contributed by atoms with Crippen molar-refractivity contribution in [2.24, 2.45) is 11.1 Å². The first-order valence-electron chi connectivity index (χ1n) is 14.6. The number of benzene rings is 3. The van der Waals surface area contributed by atoms with Crippen molar-refractivity contribution in [3.63, 3.8) is 0 Å². The van der Waals surface area contributed by atoms with Crippen LogP contribution in [0, 0.1) is 29.5 Å². The number of allylic oxidation sites excluding steroid dienone is 3. The van der Waals surface area contributed by atoms with Gasteiger partial charge in [0.2, 0.25) is 5.88 Å². The number of anilines is 1. The molecule has 2 aliphatic rings. The van der Waals surface area contributed by atoms with Crippen LogP contribution in [0.2, 0.25) is 0 Å². The van der Waals surface area contributed by atoms with Gasteiger partial charge in [-0.3, -0.25) is 10.2 Å². The van der Waals surface area contributed by atoms with Gasteiger partial charge in [-0.1, -0.05) is 44.2 Å². The van der Waals surface area contributed by atoms with Gasteiger partial charge in [0, 0.05) is 12.0 Å². The average Bonchev–Trinajstić information content (AvgIpc) is 3.34. The van der Waals surface area contributed by atoms with E-state index in [-0.39, 0.29) is 40.6 Å². The van der Waals surface area contributed by atoms with Crippen LogP contribution in [0.1, 0.15) is 43.9 Å². The Kier molecular flexibility index (Phi) is 7.54. The third-order valence-electron chi connectivity index (χ3n) is 8.11. The first-order chi connectivity index (χ1) is 21.6. The molecule has 0 amide bonds. The van der Waals surface area contributed by atoms with Crippen molar-refractivity contribution in [2.75, 3.05) is 12.5 Å². The molecule has 1 unspecified atom stereocenters. The first kappa shape index (κ1) is 29.5. The minimum absolute atomic E-state index is 0.0183. The van der Waals surface area contributed by atoms with Crippen molar-refractivity contribution >= 4 is 11.5 Å². The number of halogens is 1. The predicted molar refractivity (Wildman–Crippen MR) is 168 cm³/mol. The molecule has 10 heteroatoms. The van der Waals surface area contributed by atoms with Crippen LogP contribution in [-0.4, -0.2) is 27.7 Å². The van der Waals surface area contributed by atoms with E-state index in [1.165, 1.54) is 12.1 Å². The summed E-state index contributed by atoms with van der Waals surface area (Å²) in [7, 11) is 1.59. The molecule has 9 nitrogen and oxygen atoms in total. The summed E-state index contributed by atoms with van der Waals surface area (Å²) in [6.07, 6.45) is 0.773. The summed E-state index contributed by atoms with van der Waals surface area (Å²) in [4.78, 5) is 14.2. The number of nitrogens with two attached hydrogens (primary N) is 1. The minimum atomic E-state index is -0.901. The van der Waals surface area contributed by atoms with E-state index < -0.39 is 11.7 Å². The monoisotopic (exact) mass is 604 g/mol. The molecule has 1 aliphatic carbocycles. The third kappa shape index (κ3) is 5.38. The third-order valence-corrected chi connectivity index (χ3v) is 8.11. The van der Waals surface area contributed by atoms with Gasteiger partial charge in [0.05, 0.1) is 53.0 Å². The Balaban J connectivity index is 1.58. The molecule has 0 fully saturated rings. The smallest absolute Gasteiger partial charge is 0.227 e. The fourth-order valence-electron chi connectivity index (χ4n) is 6.04. The number of aromatic nitrogens is 2. The van der Waals surface area contributed by atoms with Crippen molar-refractivity contribution < 1.29 is 18.7 Å². The Morgan fingerprint density at radius 3 is 2.40 bits per heavy atom. The normalized spacial score (nSPS) is 17.6. The maximum absolute atomic E-state index is 15.0. The second-order valence-electron chi connectivity index (χ2n) is 11.9. The predicted octanol–water partition coefficient (Wildman–Crippen LogP) is 6.88. The number of rotatable bonds is 7. The number of nitrogens with one attached hydrogen (secondary N) is 1. The summed E-state index contributed by atoms with van der Waals surface area (Å²) >= 11 is 0. The molecule has 228 valence electrons. The van der Waals surface area contributed by atoms with Gasteiger partial charge in [0.15, 0.2) is 17.3 Å². The Morgan fingerprint density at radius 2 is 1.73 bits per heavy atom. The Hall–Kier alpha value is -5.56. The second-order valence-corrected chi connectivity index (χ2v) is 11.9. The number of hydrogen-bond acceptors (Lipinski definition) is 8. The van der Waals surface area contributed by atoms with E-state index in [2.05, 4.69) is 11.5 Å². The molecule has 0 spiro atoms. The van der Waals surface area contributed by atoms with Gasteiger partial charge in [-0.2, -0.15) is 10.4 Å². The van der Waals surface area contributed by atoms with Crippen LogP contribution < -0.4 is 20.6 Å².